The summed E-state index contributed by atoms with van der Waals surface area (Å²) < 4.78 is 0. The fraction of sp³-hybridized carbons (Fsp3) is 0.200. The molecular formula is C20H20N4O. The van der Waals surface area contributed by atoms with Crippen molar-refractivity contribution < 1.29 is 4.79 Å². The first kappa shape index (κ1) is 15.6. The van der Waals surface area contributed by atoms with Crippen molar-refractivity contribution in [2.24, 2.45) is 0 Å². The zero-order chi connectivity index (χ0) is 17.1. The minimum Gasteiger partial charge on any atom is -0.322 e. The van der Waals surface area contributed by atoms with Gasteiger partial charge in [-0.15, -0.1) is 0 Å². The topological polar surface area (TPSA) is 69.8 Å². The Labute approximate surface area is 146 Å². The Morgan fingerprint density at radius 3 is 2.64 bits per heavy atom. The molecule has 25 heavy (non-hydrogen) atoms. The van der Waals surface area contributed by atoms with Gasteiger partial charge in [0.1, 0.15) is 0 Å². The third kappa shape index (κ3) is 3.32. The molecule has 5 nitrogen and oxygen atoms in total. The molecule has 0 aliphatic carbocycles. The van der Waals surface area contributed by atoms with Crippen LogP contribution in [-0.2, 0) is 0 Å². The minimum atomic E-state index is -0.0585. The maximum Gasteiger partial charge on any atom is 0.255 e. The minimum absolute atomic E-state index is 0.0585. The highest BCUT2D eigenvalue weighted by molar-refractivity contribution is 6.05. The van der Waals surface area contributed by atoms with Crippen molar-refractivity contribution in [3.05, 3.63) is 71.9 Å². The van der Waals surface area contributed by atoms with Gasteiger partial charge in [-0.2, -0.15) is 5.10 Å². The molecule has 0 spiro atoms. The van der Waals surface area contributed by atoms with Crippen LogP contribution in [0.2, 0.25) is 0 Å². The van der Waals surface area contributed by atoms with Gasteiger partial charge in [0, 0.05) is 24.0 Å². The van der Waals surface area contributed by atoms with E-state index in [1.165, 1.54) is 0 Å². The van der Waals surface area contributed by atoms with Crippen LogP contribution in [0.15, 0.2) is 60.8 Å². The Morgan fingerprint density at radius 2 is 1.92 bits per heavy atom. The van der Waals surface area contributed by atoms with Gasteiger partial charge in [0.15, 0.2) is 0 Å². The van der Waals surface area contributed by atoms with Crippen LogP contribution in [-0.4, -0.2) is 29.2 Å². The normalized spacial score (nSPS) is 16.7. The number of carbonyl (C=O) groups excluding carboxylic acids is 1. The second-order valence-corrected chi connectivity index (χ2v) is 6.28. The van der Waals surface area contributed by atoms with Crippen LogP contribution >= 0.6 is 0 Å². The number of hydrogen-bond acceptors (Lipinski definition) is 3. The Bertz CT molecular complexity index is 850. The van der Waals surface area contributed by atoms with Gasteiger partial charge in [-0.3, -0.25) is 9.89 Å². The third-order valence-corrected chi connectivity index (χ3v) is 4.66. The number of nitrogens with one attached hydrogen (secondary N) is 3. The van der Waals surface area contributed by atoms with Gasteiger partial charge in [0.2, 0.25) is 0 Å². The van der Waals surface area contributed by atoms with Crippen LogP contribution in [0.3, 0.4) is 0 Å². The van der Waals surface area contributed by atoms with Crippen molar-refractivity contribution in [1.29, 1.82) is 0 Å². The lowest BCUT2D eigenvalue weighted by atomic mass is 9.93. The number of H-pyrrole nitrogens is 1. The summed E-state index contributed by atoms with van der Waals surface area (Å²) in [6.45, 7) is 1.94. The summed E-state index contributed by atoms with van der Waals surface area (Å²) in [6.07, 6.45) is 2.79. The Kier molecular flexibility index (Phi) is 4.31. The molecule has 4 rings (SSSR count). The van der Waals surface area contributed by atoms with Gasteiger partial charge in [0.05, 0.1) is 5.69 Å². The van der Waals surface area contributed by atoms with Gasteiger partial charge in [-0.25, -0.2) is 0 Å². The van der Waals surface area contributed by atoms with Gasteiger partial charge in [-0.1, -0.05) is 30.3 Å². The van der Waals surface area contributed by atoms with E-state index < -0.39 is 0 Å². The van der Waals surface area contributed by atoms with Crippen molar-refractivity contribution in [2.75, 3.05) is 18.4 Å². The molecule has 0 bridgehead atoms. The molecule has 3 aromatic rings. The first-order chi connectivity index (χ1) is 12.3. The predicted molar refractivity (Wildman–Crippen MR) is 98.6 cm³/mol. The van der Waals surface area contributed by atoms with E-state index >= 15 is 0 Å². The Hall–Kier alpha value is -2.92. The maximum absolute atomic E-state index is 12.8. The molecule has 2 heterocycles. The van der Waals surface area contributed by atoms with E-state index in [2.05, 4.69) is 26.9 Å². The second-order valence-electron chi connectivity index (χ2n) is 6.28. The molecule has 1 aliphatic rings. The molecule has 0 saturated carbocycles. The van der Waals surface area contributed by atoms with E-state index in [0.717, 1.165) is 47.6 Å². The van der Waals surface area contributed by atoms with Crippen LogP contribution in [0.1, 0.15) is 28.3 Å². The summed E-state index contributed by atoms with van der Waals surface area (Å²) in [5.74, 6) is 0.349. The van der Waals surface area contributed by atoms with Crippen molar-refractivity contribution in [2.45, 2.75) is 12.3 Å². The fourth-order valence-corrected chi connectivity index (χ4v) is 3.33. The van der Waals surface area contributed by atoms with Gasteiger partial charge in [-0.05, 0) is 54.3 Å². The Morgan fingerprint density at radius 1 is 1.08 bits per heavy atom. The highest BCUT2D eigenvalue weighted by Gasteiger charge is 2.22. The number of carbonyl (C=O) groups is 1. The van der Waals surface area contributed by atoms with Crippen LogP contribution in [0.25, 0.3) is 11.3 Å². The summed E-state index contributed by atoms with van der Waals surface area (Å²) in [6, 6.07) is 17.6. The van der Waals surface area contributed by atoms with Gasteiger partial charge >= 0.3 is 0 Å². The van der Waals surface area contributed by atoms with Crippen LogP contribution in [0, 0.1) is 0 Å². The molecule has 1 unspecified atom stereocenters. The predicted octanol–water partition coefficient (Wildman–Crippen LogP) is 3.41. The van der Waals surface area contributed by atoms with Crippen LogP contribution in [0.4, 0.5) is 5.69 Å². The SMILES string of the molecule is O=C(Nc1ccc(-c2ccn[nH]2)cc1)c1ccccc1C1CCNC1. The van der Waals surface area contributed by atoms with Crippen LogP contribution < -0.4 is 10.6 Å². The number of aromatic amines is 1. The summed E-state index contributed by atoms with van der Waals surface area (Å²) in [5.41, 5.74) is 4.66. The fourth-order valence-electron chi connectivity index (χ4n) is 3.33. The zero-order valence-corrected chi connectivity index (χ0v) is 13.8. The summed E-state index contributed by atoms with van der Waals surface area (Å²) in [5, 5.41) is 13.3. The molecule has 5 heteroatoms. The average Bonchev–Trinajstić information content (AvgIpc) is 3.36. The molecule has 1 aliphatic heterocycles. The lowest BCUT2D eigenvalue weighted by Gasteiger charge is -2.14. The molecule has 1 atom stereocenters. The summed E-state index contributed by atoms with van der Waals surface area (Å²) >= 11 is 0. The monoisotopic (exact) mass is 332 g/mol. The molecule has 1 amide bonds. The summed E-state index contributed by atoms with van der Waals surface area (Å²) in [7, 11) is 0. The lowest BCUT2D eigenvalue weighted by Crippen LogP contribution is -2.17. The molecule has 1 fully saturated rings. The zero-order valence-electron chi connectivity index (χ0n) is 13.8. The van der Waals surface area contributed by atoms with Crippen molar-refractivity contribution in [3.8, 4) is 11.3 Å². The molecule has 126 valence electrons. The van der Waals surface area contributed by atoms with Crippen molar-refractivity contribution >= 4 is 11.6 Å². The molecule has 1 saturated heterocycles. The van der Waals surface area contributed by atoms with Crippen molar-refractivity contribution in [1.82, 2.24) is 15.5 Å². The van der Waals surface area contributed by atoms with E-state index in [0.29, 0.717) is 5.92 Å². The quantitative estimate of drug-likeness (QED) is 0.686. The standard InChI is InChI=1S/C20H20N4O/c25-20(18-4-2-1-3-17(18)15-9-11-21-13-15)23-16-7-5-14(6-8-16)19-10-12-22-24-19/h1-8,10,12,15,21H,9,11,13H2,(H,22,24)(H,23,25). The van der Waals surface area contributed by atoms with Crippen molar-refractivity contribution in [3.63, 3.8) is 0 Å². The van der Waals surface area contributed by atoms with Crippen LogP contribution in [0.5, 0.6) is 0 Å². The first-order valence-electron chi connectivity index (χ1n) is 8.52. The smallest absolute Gasteiger partial charge is 0.255 e. The largest absolute Gasteiger partial charge is 0.322 e. The van der Waals surface area contributed by atoms with E-state index in [-0.39, 0.29) is 5.91 Å². The molecule has 3 N–H and O–H groups in total. The molecular weight excluding hydrogens is 312 g/mol. The average molecular weight is 332 g/mol. The maximum atomic E-state index is 12.8. The number of anilines is 1. The number of nitrogens with zero attached hydrogens (tertiary/aromatic N) is 1. The van der Waals surface area contributed by atoms with E-state index in [9.17, 15) is 4.79 Å². The number of rotatable bonds is 4. The molecule has 2 aromatic carbocycles. The first-order valence-corrected chi connectivity index (χ1v) is 8.52. The van der Waals surface area contributed by atoms with Gasteiger partial charge < -0.3 is 10.6 Å². The molecule has 0 radical (unpaired) electrons. The number of hydrogen-bond donors (Lipinski definition) is 3. The van der Waals surface area contributed by atoms with E-state index in [4.69, 9.17) is 0 Å². The highest BCUT2D eigenvalue weighted by atomic mass is 16.1. The second kappa shape index (κ2) is 6.91. The summed E-state index contributed by atoms with van der Waals surface area (Å²) in [4.78, 5) is 12.8. The molecule has 1 aromatic heterocycles. The number of benzene rings is 2. The van der Waals surface area contributed by atoms with Gasteiger partial charge in [0.25, 0.3) is 5.91 Å². The van der Waals surface area contributed by atoms with E-state index in [1.807, 2.05) is 48.5 Å². The number of aromatic nitrogens is 2. The number of amides is 1. The Balaban J connectivity index is 1.52. The van der Waals surface area contributed by atoms with E-state index in [1.54, 1.807) is 6.20 Å². The lowest BCUT2D eigenvalue weighted by molar-refractivity contribution is 0.102. The highest BCUT2D eigenvalue weighted by Crippen LogP contribution is 2.26. The third-order valence-electron chi connectivity index (χ3n) is 4.66.